The van der Waals surface area contributed by atoms with Crippen LogP contribution in [0.25, 0.3) is 0 Å². The Morgan fingerprint density at radius 2 is 2.00 bits per heavy atom. The molecule has 1 rings (SSSR count). The van der Waals surface area contributed by atoms with Crippen LogP contribution in [0, 0.1) is 11.8 Å². The minimum absolute atomic E-state index is 0.681. The van der Waals surface area contributed by atoms with Crippen molar-refractivity contribution in [2.45, 2.75) is 12.8 Å². The third-order valence-electron chi connectivity index (χ3n) is 1.74. The first-order valence-corrected chi connectivity index (χ1v) is 6.36. The summed E-state index contributed by atoms with van der Waals surface area (Å²) in [6, 6.07) is 9.91. The van der Waals surface area contributed by atoms with Crippen LogP contribution >= 0.6 is 0 Å². The Hall–Kier alpha value is -1.07. The van der Waals surface area contributed by atoms with Crippen LogP contribution in [-0.2, 0) is 10.8 Å². The molecule has 0 saturated carbocycles. The van der Waals surface area contributed by atoms with Crippen LogP contribution in [0.2, 0.25) is 0 Å². The molecule has 0 radical (unpaired) electrons. The summed E-state index contributed by atoms with van der Waals surface area (Å²) >= 11 is 0. The van der Waals surface area contributed by atoms with Crippen molar-refractivity contribution in [3.05, 3.63) is 35.9 Å². The standard InChI is InChI=1S/C12H14OS/c1-14(13)11-7-3-6-10-12-8-4-2-5-9-12/h2,4-5,8-9H,3,7,11H2,1H3. The summed E-state index contributed by atoms with van der Waals surface area (Å²) in [7, 11) is -0.681. The van der Waals surface area contributed by atoms with Gasteiger partial charge in [-0.1, -0.05) is 30.0 Å². The van der Waals surface area contributed by atoms with Crippen molar-refractivity contribution in [3.8, 4) is 11.8 Å². The molecule has 0 aromatic heterocycles. The van der Waals surface area contributed by atoms with Crippen molar-refractivity contribution in [1.29, 1.82) is 0 Å². The van der Waals surface area contributed by atoms with Gasteiger partial charge in [-0.3, -0.25) is 4.21 Å². The quantitative estimate of drug-likeness (QED) is 0.547. The molecule has 0 aliphatic carbocycles. The van der Waals surface area contributed by atoms with Crippen LogP contribution in [0.5, 0.6) is 0 Å². The zero-order chi connectivity index (χ0) is 10.2. The van der Waals surface area contributed by atoms with Crippen molar-refractivity contribution >= 4 is 10.8 Å². The Balaban J connectivity index is 2.31. The average molecular weight is 206 g/mol. The average Bonchev–Trinajstić information content (AvgIpc) is 2.18. The van der Waals surface area contributed by atoms with E-state index in [0.29, 0.717) is 0 Å². The molecule has 1 aromatic carbocycles. The number of rotatable bonds is 3. The van der Waals surface area contributed by atoms with Gasteiger partial charge in [0.2, 0.25) is 0 Å². The van der Waals surface area contributed by atoms with Gasteiger partial charge in [-0.25, -0.2) is 0 Å². The molecule has 0 aliphatic heterocycles. The van der Waals surface area contributed by atoms with Gasteiger partial charge in [0.05, 0.1) is 0 Å². The molecule has 74 valence electrons. The second-order valence-electron chi connectivity index (χ2n) is 3.05. The Morgan fingerprint density at radius 1 is 1.29 bits per heavy atom. The fourth-order valence-electron chi connectivity index (χ4n) is 1.05. The predicted molar refractivity (Wildman–Crippen MR) is 61.5 cm³/mol. The molecule has 0 N–H and O–H groups in total. The van der Waals surface area contributed by atoms with Crippen LogP contribution in [0.4, 0.5) is 0 Å². The van der Waals surface area contributed by atoms with E-state index in [-0.39, 0.29) is 0 Å². The summed E-state index contributed by atoms with van der Waals surface area (Å²) in [6.07, 6.45) is 3.47. The maximum atomic E-state index is 10.7. The third kappa shape index (κ3) is 4.84. The fourth-order valence-corrected chi connectivity index (χ4v) is 1.60. The van der Waals surface area contributed by atoms with E-state index >= 15 is 0 Å². The van der Waals surface area contributed by atoms with Gasteiger partial charge < -0.3 is 0 Å². The Kier molecular flexibility index (Phi) is 5.03. The lowest BCUT2D eigenvalue weighted by atomic mass is 10.2. The fraction of sp³-hybridized carbons (Fsp3) is 0.333. The molecule has 1 nitrogen and oxygen atoms in total. The van der Waals surface area contributed by atoms with Gasteiger partial charge in [0.1, 0.15) is 0 Å². The highest BCUT2D eigenvalue weighted by Gasteiger charge is 1.88. The highest BCUT2D eigenvalue weighted by atomic mass is 32.2. The van der Waals surface area contributed by atoms with Crippen LogP contribution < -0.4 is 0 Å². The molecule has 0 aliphatic rings. The van der Waals surface area contributed by atoms with E-state index in [0.717, 1.165) is 24.2 Å². The molecule has 0 spiro atoms. The first kappa shape index (κ1) is 11.0. The number of hydrogen-bond acceptors (Lipinski definition) is 1. The predicted octanol–water partition coefficient (Wildman–Crippen LogP) is 2.20. The minimum atomic E-state index is -0.681. The highest BCUT2D eigenvalue weighted by molar-refractivity contribution is 7.84. The van der Waals surface area contributed by atoms with Gasteiger partial charge in [-0.15, -0.1) is 0 Å². The molecule has 1 atom stereocenters. The van der Waals surface area contributed by atoms with E-state index in [1.165, 1.54) is 0 Å². The van der Waals surface area contributed by atoms with E-state index in [1.807, 2.05) is 30.3 Å². The van der Waals surface area contributed by atoms with Crippen molar-refractivity contribution in [2.75, 3.05) is 12.0 Å². The molecular weight excluding hydrogens is 192 g/mol. The number of benzene rings is 1. The molecular formula is C12H14OS. The summed E-state index contributed by atoms with van der Waals surface area (Å²) in [4.78, 5) is 0. The monoisotopic (exact) mass is 206 g/mol. The third-order valence-corrected chi connectivity index (χ3v) is 2.60. The Morgan fingerprint density at radius 3 is 2.64 bits per heavy atom. The first-order valence-electron chi connectivity index (χ1n) is 4.63. The van der Waals surface area contributed by atoms with Crippen molar-refractivity contribution < 1.29 is 4.21 Å². The molecule has 0 saturated heterocycles. The van der Waals surface area contributed by atoms with Gasteiger partial charge in [-0.05, 0) is 18.6 Å². The van der Waals surface area contributed by atoms with Gasteiger partial charge in [0.25, 0.3) is 0 Å². The second-order valence-corrected chi connectivity index (χ2v) is 4.60. The lowest BCUT2D eigenvalue weighted by molar-refractivity contribution is 0.684. The van der Waals surface area contributed by atoms with E-state index in [2.05, 4.69) is 11.8 Å². The van der Waals surface area contributed by atoms with E-state index < -0.39 is 10.8 Å². The maximum Gasteiger partial charge on any atom is 0.0245 e. The summed E-state index contributed by atoms with van der Waals surface area (Å²) in [5.74, 6) is 6.90. The largest absolute Gasteiger partial charge is 0.260 e. The SMILES string of the molecule is CS(=O)CCCC#Cc1ccccc1. The number of hydrogen-bond donors (Lipinski definition) is 0. The van der Waals surface area contributed by atoms with Gasteiger partial charge in [-0.2, -0.15) is 0 Å². The van der Waals surface area contributed by atoms with Gasteiger partial charge in [0, 0.05) is 34.8 Å². The molecule has 0 bridgehead atoms. The zero-order valence-corrected chi connectivity index (χ0v) is 9.14. The zero-order valence-electron chi connectivity index (χ0n) is 8.32. The van der Waals surface area contributed by atoms with E-state index in [9.17, 15) is 4.21 Å². The maximum absolute atomic E-state index is 10.7. The summed E-state index contributed by atoms with van der Waals surface area (Å²) < 4.78 is 10.7. The summed E-state index contributed by atoms with van der Waals surface area (Å²) in [5.41, 5.74) is 1.05. The topological polar surface area (TPSA) is 17.1 Å². The van der Waals surface area contributed by atoms with E-state index in [1.54, 1.807) is 6.26 Å². The van der Waals surface area contributed by atoms with Crippen LogP contribution in [0.1, 0.15) is 18.4 Å². The second kappa shape index (κ2) is 6.39. The lowest BCUT2D eigenvalue weighted by Gasteiger charge is -1.90. The molecule has 2 heteroatoms. The minimum Gasteiger partial charge on any atom is -0.260 e. The van der Waals surface area contributed by atoms with Crippen molar-refractivity contribution in [1.82, 2.24) is 0 Å². The van der Waals surface area contributed by atoms with Crippen molar-refractivity contribution in [3.63, 3.8) is 0 Å². The Bertz CT molecular complexity index is 346. The molecule has 0 fully saturated rings. The summed E-state index contributed by atoms with van der Waals surface area (Å²) in [5, 5.41) is 0. The van der Waals surface area contributed by atoms with Crippen LogP contribution in [-0.4, -0.2) is 16.2 Å². The first-order chi connectivity index (χ1) is 6.79. The van der Waals surface area contributed by atoms with Gasteiger partial charge in [0.15, 0.2) is 0 Å². The molecule has 14 heavy (non-hydrogen) atoms. The molecule has 1 aromatic rings. The lowest BCUT2D eigenvalue weighted by Crippen LogP contribution is -1.92. The normalized spacial score (nSPS) is 11.5. The van der Waals surface area contributed by atoms with E-state index in [4.69, 9.17) is 0 Å². The Labute approximate surface area is 88.0 Å². The van der Waals surface area contributed by atoms with Crippen molar-refractivity contribution in [2.24, 2.45) is 0 Å². The molecule has 1 unspecified atom stereocenters. The summed E-state index contributed by atoms with van der Waals surface area (Å²) in [6.45, 7) is 0. The highest BCUT2D eigenvalue weighted by Crippen LogP contribution is 1.96. The van der Waals surface area contributed by atoms with Crippen LogP contribution in [0.3, 0.4) is 0 Å². The molecule has 0 amide bonds. The van der Waals surface area contributed by atoms with Gasteiger partial charge >= 0.3 is 0 Å². The van der Waals surface area contributed by atoms with Crippen LogP contribution in [0.15, 0.2) is 30.3 Å². The molecule has 0 heterocycles. The number of unbranched alkanes of at least 4 members (excludes halogenated alkanes) is 1. The smallest absolute Gasteiger partial charge is 0.0245 e.